The third kappa shape index (κ3) is 4.03. The largest absolute Gasteiger partial charge is 0.345 e. The second-order valence-electron chi connectivity index (χ2n) is 7.64. The van der Waals surface area contributed by atoms with E-state index < -0.39 is 29.9 Å². The van der Waals surface area contributed by atoms with E-state index in [2.05, 4.69) is 10.6 Å². The topological polar surface area (TPSA) is 98.8 Å². The Hall–Kier alpha value is -3.68. The van der Waals surface area contributed by atoms with Crippen LogP contribution in [0.3, 0.4) is 0 Å². The molecule has 1 aliphatic rings. The van der Waals surface area contributed by atoms with Crippen LogP contribution >= 0.6 is 0 Å². The van der Waals surface area contributed by atoms with E-state index in [1.807, 2.05) is 19.1 Å². The van der Waals surface area contributed by atoms with Gasteiger partial charge in [-0.3, -0.25) is 19.3 Å². The molecule has 0 bridgehead atoms. The van der Waals surface area contributed by atoms with Crippen LogP contribution in [0.4, 0.5) is 10.5 Å². The summed E-state index contributed by atoms with van der Waals surface area (Å²) < 4.78 is 0. The molecule has 2 aromatic carbocycles. The molecule has 0 unspecified atom stereocenters. The summed E-state index contributed by atoms with van der Waals surface area (Å²) in [7, 11) is 3.31. The van der Waals surface area contributed by atoms with Crippen molar-refractivity contribution in [2.24, 2.45) is 0 Å². The van der Waals surface area contributed by atoms with Crippen molar-refractivity contribution in [2.75, 3.05) is 26.0 Å². The van der Waals surface area contributed by atoms with Gasteiger partial charge in [-0.25, -0.2) is 4.79 Å². The highest BCUT2D eigenvalue weighted by Gasteiger charge is 2.49. The van der Waals surface area contributed by atoms with E-state index in [4.69, 9.17) is 0 Å². The van der Waals surface area contributed by atoms with Crippen LogP contribution < -0.4 is 10.6 Å². The van der Waals surface area contributed by atoms with Crippen molar-refractivity contribution in [1.82, 2.24) is 15.1 Å². The molecular formula is C22H24N4O4. The maximum absolute atomic E-state index is 12.9. The number of hydrogen-bond donors (Lipinski definition) is 2. The van der Waals surface area contributed by atoms with Gasteiger partial charge in [0, 0.05) is 25.3 Å². The number of amides is 5. The van der Waals surface area contributed by atoms with Gasteiger partial charge in [0.25, 0.3) is 11.8 Å². The van der Waals surface area contributed by atoms with E-state index in [0.717, 1.165) is 10.5 Å². The van der Waals surface area contributed by atoms with Crippen molar-refractivity contribution in [3.63, 3.8) is 0 Å². The lowest BCUT2D eigenvalue weighted by atomic mass is 9.91. The van der Waals surface area contributed by atoms with Crippen molar-refractivity contribution in [2.45, 2.75) is 19.4 Å². The van der Waals surface area contributed by atoms with Crippen LogP contribution in [0, 0.1) is 6.92 Å². The Balaban J connectivity index is 1.68. The summed E-state index contributed by atoms with van der Waals surface area (Å²) in [6, 6.07) is 13.1. The average molecular weight is 408 g/mol. The zero-order valence-electron chi connectivity index (χ0n) is 17.4. The van der Waals surface area contributed by atoms with E-state index in [-0.39, 0.29) is 5.91 Å². The zero-order chi connectivity index (χ0) is 22.1. The second kappa shape index (κ2) is 7.98. The van der Waals surface area contributed by atoms with Crippen LogP contribution in [0.25, 0.3) is 0 Å². The molecule has 156 valence electrons. The molecule has 1 heterocycles. The van der Waals surface area contributed by atoms with Gasteiger partial charge in [-0.15, -0.1) is 0 Å². The van der Waals surface area contributed by atoms with Gasteiger partial charge in [0.1, 0.15) is 12.1 Å². The summed E-state index contributed by atoms with van der Waals surface area (Å²) in [4.78, 5) is 52.0. The standard InChI is InChI=1S/C22H24N4O4/c1-14-5-9-16(10-6-14)22(2)20(29)26(21(30)24-22)13-18(27)23-17-11-7-15(8-12-17)19(28)25(3)4/h5-12H,13H2,1-4H3,(H,23,27)(H,24,30)/t22-/m1/s1. The Kier molecular flexibility index (Phi) is 5.60. The number of nitrogens with zero attached hydrogens (tertiary/aromatic N) is 2. The number of aryl methyl sites for hydroxylation is 1. The second-order valence-corrected chi connectivity index (χ2v) is 7.64. The predicted molar refractivity (Wildman–Crippen MR) is 112 cm³/mol. The lowest BCUT2D eigenvalue weighted by Crippen LogP contribution is -2.42. The van der Waals surface area contributed by atoms with E-state index in [9.17, 15) is 19.2 Å². The minimum Gasteiger partial charge on any atom is -0.345 e. The Bertz CT molecular complexity index is 999. The molecule has 0 radical (unpaired) electrons. The average Bonchev–Trinajstić information content (AvgIpc) is 2.92. The molecule has 2 N–H and O–H groups in total. The molecule has 0 spiro atoms. The minimum absolute atomic E-state index is 0.150. The number of carbonyl (C=O) groups excluding carboxylic acids is 4. The van der Waals surface area contributed by atoms with Gasteiger partial charge in [0.2, 0.25) is 5.91 Å². The molecule has 0 aromatic heterocycles. The first kappa shape index (κ1) is 21.0. The summed E-state index contributed by atoms with van der Waals surface area (Å²) in [5.41, 5.74) is 1.41. The number of carbonyl (C=O) groups is 4. The molecule has 8 nitrogen and oxygen atoms in total. The van der Waals surface area contributed by atoms with E-state index in [1.54, 1.807) is 57.4 Å². The van der Waals surface area contributed by atoms with Crippen LogP contribution in [-0.2, 0) is 15.1 Å². The molecule has 2 aromatic rings. The predicted octanol–water partition coefficient (Wildman–Crippen LogP) is 2.10. The molecule has 0 saturated carbocycles. The fraction of sp³-hybridized carbons (Fsp3) is 0.273. The number of benzene rings is 2. The van der Waals surface area contributed by atoms with E-state index in [1.165, 1.54) is 4.90 Å². The van der Waals surface area contributed by atoms with Crippen molar-refractivity contribution in [1.29, 1.82) is 0 Å². The molecule has 1 fully saturated rings. The summed E-state index contributed by atoms with van der Waals surface area (Å²) in [5.74, 6) is -1.15. The van der Waals surface area contributed by atoms with Gasteiger partial charge in [0.05, 0.1) is 0 Å². The van der Waals surface area contributed by atoms with Gasteiger partial charge in [-0.1, -0.05) is 29.8 Å². The van der Waals surface area contributed by atoms with Crippen molar-refractivity contribution < 1.29 is 19.2 Å². The third-order valence-electron chi connectivity index (χ3n) is 5.03. The minimum atomic E-state index is -1.22. The van der Waals surface area contributed by atoms with E-state index in [0.29, 0.717) is 16.8 Å². The first-order valence-corrected chi connectivity index (χ1v) is 9.44. The number of rotatable bonds is 5. The quantitative estimate of drug-likeness (QED) is 0.740. The number of anilines is 1. The van der Waals surface area contributed by atoms with E-state index >= 15 is 0 Å². The number of urea groups is 1. The number of imide groups is 1. The van der Waals surface area contributed by atoms with Crippen LogP contribution in [0.15, 0.2) is 48.5 Å². The van der Waals surface area contributed by atoms with Gasteiger partial charge >= 0.3 is 6.03 Å². The summed E-state index contributed by atoms with van der Waals surface area (Å²) in [6.07, 6.45) is 0. The van der Waals surface area contributed by atoms with Crippen molar-refractivity contribution in [3.05, 3.63) is 65.2 Å². The Morgan fingerprint density at radius 1 is 1.03 bits per heavy atom. The van der Waals surface area contributed by atoms with Gasteiger partial charge in [-0.2, -0.15) is 0 Å². The van der Waals surface area contributed by atoms with Gasteiger partial charge < -0.3 is 15.5 Å². The number of nitrogens with one attached hydrogen (secondary N) is 2. The SMILES string of the molecule is Cc1ccc([C@@]2(C)NC(=O)N(CC(=O)Nc3ccc(C(=O)N(C)C)cc3)C2=O)cc1. The Morgan fingerprint density at radius 3 is 2.20 bits per heavy atom. The van der Waals surface area contributed by atoms with Crippen molar-refractivity contribution in [3.8, 4) is 0 Å². The van der Waals surface area contributed by atoms with Gasteiger partial charge in [0.15, 0.2) is 0 Å². The van der Waals surface area contributed by atoms with Crippen LogP contribution in [0.2, 0.25) is 0 Å². The molecule has 1 saturated heterocycles. The first-order valence-electron chi connectivity index (χ1n) is 9.44. The molecule has 30 heavy (non-hydrogen) atoms. The summed E-state index contributed by atoms with van der Waals surface area (Å²) in [5, 5.41) is 5.32. The third-order valence-corrected chi connectivity index (χ3v) is 5.03. The fourth-order valence-corrected chi connectivity index (χ4v) is 3.22. The lowest BCUT2D eigenvalue weighted by Gasteiger charge is -2.22. The molecule has 0 aliphatic carbocycles. The highest BCUT2D eigenvalue weighted by Crippen LogP contribution is 2.29. The Morgan fingerprint density at radius 2 is 1.63 bits per heavy atom. The molecular weight excluding hydrogens is 384 g/mol. The van der Waals surface area contributed by atoms with Crippen molar-refractivity contribution >= 4 is 29.4 Å². The highest BCUT2D eigenvalue weighted by atomic mass is 16.2. The summed E-state index contributed by atoms with van der Waals surface area (Å²) in [6.45, 7) is 3.14. The number of hydrogen-bond acceptors (Lipinski definition) is 4. The molecule has 8 heteroatoms. The van der Waals surface area contributed by atoms with Crippen LogP contribution in [-0.4, -0.2) is 54.2 Å². The zero-order valence-corrected chi connectivity index (χ0v) is 17.4. The highest BCUT2D eigenvalue weighted by molar-refractivity contribution is 6.10. The van der Waals surface area contributed by atoms with Crippen LogP contribution in [0.5, 0.6) is 0 Å². The Labute approximate surface area is 174 Å². The smallest absolute Gasteiger partial charge is 0.325 e. The normalized spacial score (nSPS) is 18.2. The fourth-order valence-electron chi connectivity index (χ4n) is 3.22. The van der Waals surface area contributed by atoms with Crippen LogP contribution in [0.1, 0.15) is 28.4 Å². The maximum Gasteiger partial charge on any atom is 0.325 e. The maximum atomic E-state index is 12.9. The van der Waals surface area contributed by atoms with Gasteiger partial charge in [-0.05, 0) is 43.7 Å². The first-order chi connectivity index (χ1) is 14.1. The monoisotopic (exact) mass is 408 g/mol. The lowest BCUT2D eigenvalue weighted by molar-refractivity contribution is -0.133. The molecule has 1 atom stereocenters. The summed E-state index contributed by atoms with van der Waals surface area (Å²) >= 11 is 0. The molecule has 5 amide bonds. The molecule has 3 rings (SSSR count). The molecule has 1 aliphatic heterocycles.